The first kappa shape index (κ1) is 17.9. The standard InChI is InChI=1S/C15H18ClN5O3S/c1-8-3-5-15(6-4-8)12(23)21(14(24)19-15)20-11(22)10-9(16)7-17-13(18-10)25-2/h7-8H,3-6H2,1-2H3,(H,19,24)(H,20,22). The molecule has 0 bridgehead atoms. The highest BCUT2D eigenvalue weighted by Crippen LogP contribution is 2.35. The van der Waals surface area contributed by atoms with Crippen LogP contribution in [0, 0.1) is 5.92 Å². The first-order valence-corrected chi connectivity index (χ1v) is 9.51. The van der Waals surface area contributed by atoms with E-state index in [0.717, 1.165) is 17.9 Å². The fraction of sp³-hybridized carbons (Fsp3) is 0.533. The van der Waals surface area contributed by atoms with Gasteiger partial charge in [-0.25, -0.2) is 14.8 Å². The van der Waals surface area contributed by atoms with Crippen molar-refractivity contribution in [2.45, 2.75) is 43.3 Å². The minimum absolute atomic E-state index is 0.0450. The lowest BCUT2D eigenvalue weighted by Gasteiger charge is -2.33. The molecule has 0 atom stereocenters. The molecule has 8 nitrogen and oxygen atoms in total. The van der Waals surface area contributed by atoms with Crippen LogP contribution >= 0.6 is 23.4 Å². The van der Waals surface area contributed by atoms with Gasteiger partial charge in [0.25, 0.3) is 11.8 Å². The van der Waals surface area contributed by atoms with E-state index in [9.17, 15) is 14.4 Å². The fourth-order valence-electron chi connectivity index (χ4n) is 3.08. The van der Waals surface area contributed by atoms with Gasteiger partial charge in [-0.3, -0.25) is 15.0 Å². The molecule has 25 heavy (non-hydrogen) atoms. The van der Waals surface area contributed by atoms with E-state index in [2.05, 4.69) is 27.6 Å². The predicted molar refractivity (Wildman–Crippen MR) is 92.0 cm³/mol. The highest BCUT2D eigenvalue weighted by molar-refractivity contribution is 7.98. The Hall–Kier alpha value is -1.87. The zero-order valence-electron chi connectivity index (χ0n) is 13.8. The molecular formula is C15H18ClN5O3S. The summed E-state index contributed by atoms with van der Waals surface area (Å²) in [6.45, 7) is 2.12. The molecular weight excluding hydrogens is 366 g/mol. The highest BCUT2D eigenvalue weighted by atomic mass is 35.5. The molecule has 0 aromatic carbocycles. The Kier molecular flexibility index (Phi) is 4.88. The summed E-state index contributed by atoms with van der Waals surface area (Å²) < 4.78 is 0. The number of halogens is 1. The van der Waals surface area contributed by atoms with E-state index >= 15 is 0 Å². The Morgan fingerprint density at radius 2 is 2.12 bits per heavy atom. The first-order chi connectivity index (χ1) is 11.9. The quantitative estimate of drug-likeness (QED) is 0.470. The van der Waals surface area contributed by atoms with Crippen molar-refractivity contribution in [1.82, 2.24) is 25.7 Å². The van der Waals surface area contributed by atoms with Gasteiger partial charge in [0.05, 0.1) is 11.2 Å². The number of urea groups is 1. The summed E-state index contributed by atoms with van der Waals surface area (Å²) in [7, 11) is 0. The molecule has 2 aliphatic rings. The van der Waals surface area contributed by atoms with Gasteiger partial charge >= 0.3 is 6.03 Å². The number of rotatable bonds is 3. The Bertz CT molecular complexity index is 736. The van der Waals surface area contributed by atoms with E-state index in [1.165, 1.54) is 18.0 Å². The summed E-state index contributed by atoms with van der Waals surface area (Å²) in [5.41, 5.74) is 1.32. The molecule has 134 valence electrons. The molecule has 2 N–H and O–H groups in total. The number of amides is 4. The van der Waals surface area contributed by atoms with Gasteiger partial charge in [0.2, 0.25) is 0 Å². The molecule has 1 aromatic rings. The fourth-order valence-corrected chi connectivity index (χ4v) is 3.60. The molecule has 1 aliphatic carbocycles. The lowest BCUT2D eigenvalue weighted by Crippen LogP contribution is -2.51. The molecule has 1 aliphatic heterocycles. The Morgan fingerprint density at radius 3 is 2.76 bits per heavy atom. The number of carbonyl (C=O) groups is 3. The number of nitrogens with one attached hydrogen (secondary N) is 2. The van der Waals surface area contributed by atoms with E-state index < -0.39 is 23.4 Å². The molecule has 3 rings (SSSR count). The molecule has 0 unspecified atom stereocenters. The van der Waals surface area contributed by atoms with Crippen molar-refractivity contribution in [3.05, 3.63) is 16.9 Å². The van der Waals surface area contributed by atoms with Crippen molar-refractivity contribution in [3.63, 3.8) is 0 Å². The summed E-state index contributed by atoms with van der Waals surface area (Å²) in [6.07, 6.45) is 5.90. The first-order valence-electron chi connectivity index (χ1n) is 7.90. The van der Waals surface area contributed by atoms with Gasteiger partial charge in [0, 0.05) is 0 Å². The Labute approximate surface area is 154 Å². The molecule has 2 heterocycles. The van der Waals surface area contributed by atoms with Crippen molar-refractivity contribution in [2.75, 3.05) is 6.26 Å². The number of nitrogens with zero attached hydrogens (tertiary/aromatic N) is 3. The maximum atomic E-state index is 12.7. The van der Waals surface area contributed by atoms with Crippen molar-refractivity contribution in [1.29, 1.82) is 0 Å². The zero-order chi connectivity index (χ0) is 18.2. The molecule has 0 radical (unpaired) electrons. The average molecular weight is 384 g/mol. The second kappa shape index (κ2) is 6.80. The topological polar surface area (TPSA) is 104 Å². The van der Waals surface area contributed by atoms with E-state index in [0.29, 0.717) is 23.9 Å². The van der Waals surface area contributed by atoms with Crippen molar-refractivity contribution < 1.29 is 14.4 Å². The van der Waals surface area contributed by atoms with Crippen LogP contribution in [0.2, 0.25) is 5.02 Å². The predicted octanol–water partition coefficient (Wildman–Crippen LogP) is 2.00. The van der Waals surface area contributed by atoms with Crippen LogP contribution in [0.5, 0.6) is 0 Å². The summed E-state index contributed by atoms with van der Waals surface area (Å²) in [6, 6.07) is -0.636. The summed E-state index contributed by atoms with van der Waals surface area (Å²) in [4.78, 5) is 45.4. The highest BCUT2D eigenvalue weighted by Gasteiger charge is 2.53. The molecule has 10 heteroatoms. The number of hydrogen-bond donors (Lipinski definition) is 2. The third-order valence-corrected chi connectivity index (χ3v) is 5.46. The molecule has 1 spiro atoms. The van der Waals surface area contributed by atoms with Crippen LogP contribution in [0.15, 0.2) is 11.4 Å². The smallest absolute Gasteiger partial charge is 0.322 e. The number of aromatic nitrogens is 2. The number of hydrazine groups is 1. The third kappa shape index (κ3) is 3.30. The maximum absolute atomic E-state index is 12.7. The summed E-state index contributed by atoms with van der Waals surface area (Å²) in [5.74, 6) is -0.649. The van der Waals surface area contributed by atoms with Gasteiger partial charge in [0.15, 0.2) is 10.9 Å². The number of hydrogen-bond acceptors (Lipinski definition) is 6. The van der Waals surface area contributed by atoms with Crippen molar-refractivity contribution in [2.24, 2.45) is 5.92 Å². The number of carbonyl (C=O) groups excluding carboxylic acids is 3. The largest absolute Gasteiger partial charge is 0.344 e. The van der Waals surface area contributed by atoms with Crippen LogP contribution in [0.4, 0.5) is 4.79 Å². The van der Waals surface area contributed by atoms with E-state index in [4.69, 9.17) is 11.6 Å². The van der Waals surface area contributed by atoms with Crippen molar-refractivity contribution >= 4 is 41.2 Å². The Balaban J connectivity index is 1.78. The zero-order valence-corrected chi connectivity index (χ0v) is 15.4. The molecule has 4 amide bonds. The van der Waals surface area contributed by atoms with Crippen LogP contribution in [-0.4, -0.2) is 44.6 Å². The normalized spacial score (nSPS) is 26.0. The lowest BCUT2D eigenvalue weighted by molar-refractivity contribution is -0.134. The lowest BCUT2D eigenvalue weighted by atomic mass is 9.77. The van der Waals surface area contributed by atoms with E-state index in [1.54, 1.807) is 6.26 Å². The van der Waals surface area contributed by atoms with Gasteiger partial charge in [0.1, 0.15) is 5.54 Å². The Morgan fingerprint density at radius 1 is 1.44 bits per heavy atom. The van der Waals surface area contributed by atoms with Crippen LogP contribution in [0.1, 0.15) is 43.1 Å². The van der Waals surface area contributed by atoms with Crippen LogP contribution in [-0.2, 0) is 4.79 Å². The number of imide groups is 1. The SMILES string of the molecule is CSc1ncc(Cl)c(C(=O)NN2C(=O)NC3(CCC(C)CC3)C2=O)n1. The van der Waals surface area contributed by atoms with E-state index in [-0.39, 0.29) is 10.7 Å². The number of thioether (sulfide) groups is 1. The molecule has 1 saturated carbocycles. The van der Waals surface area contributed by atoms with Gasteiger partial charge in [-0.2, -0.15) is 5.01 Å². The summed E-state index contributed by atoms with van der Waals surface area (Å²) >= 11 is 7.22. The van der Waals surface area contributed by atoms with E-state index in [1.807, 2.05) is 0 Å². The monoisotopic (exact) mass is 383 g/mol. The van der Waals surface area contributed by atoms with Crippen LogP contribution < -0.4 is 10.7 Å². The van der Waals surface area contributed by atoms with Crippen LogP contribution in [0.25, 0.3) is 0 Å². The third-order valence-electron chi connectivity index (χ3n) is 4.62. The molecule has 1 saturated heterocycles. The molecule has 2 fully saturated rings. The second-order valence-electron chi connectivity index (χ2n) is 6.33. The van der Waals surface area contributed by atoms with Gasteiger partial charge < -0.3 is 5.32 Å². The van der Waals surface area contributed by atoms with Crippen molar-refractivity contribution in [3.8, 4) is 0 Å². The second-order valence-corrected chi connectivity index (χ2v) is 7.51. The molecule has 1 aromatic heterocycles. The van der Waals surface area contributed by atoms with Gasteiger partial charge in [-0.15, -0.1) is 0 Å². The van der Waals surface area contributed by atoms with Gasteiger partial charge in [-0.1, -0.05) is 30.3 Å². The van der Waals surface area contributed by atoms with Crippen LogP contribution in [0.3, 0.4) is 0 Å². The minimum atomic E-state index is -0.920. The van der Waals surface area contributed by atoms with Gasteiger partial charge in [-0.05, 0) is 37.9 Å². The maximum Gasteiger partial charge on any atom is 0.344 e. The minimum Gasteiger partial charge on any atom is -0.322 e. The summed E-state index contributed by atoms with van der Waals surface area (Å²) in [5, 5.41) is 3.88. The average Bonchev–Trinajstić information content (AvgIpc) is 2.82.